The van der Waals surface area contributed by atoms with Crippen LogP contribution >= 0.6 is 0 Å². The number of halogens is 7. The molecule has 0 N–H and O–H groups in total. The van der Waals surface area contributed by atoms with Gasteiger partial charge in [-0.2, -0.15) is 22.0 Å². The average Bonchev–Trinajstić information content (AvgIpc) is 2.98. The topological polar surface area (TPSA) is 37.7 Å². The van der Waals surface area contributed by atoms with Crippen molar-refractivity contribution in [3.8, 4) is 0 Å². The van der Waals surface area contributed by atoms with Crippen LogP contribution in [0.3, 0.4) is 0 Å². The molecule has 0 fully saturated rings. The van der Waals surface area contributed by atoms with Crippen LogP contribution < -0.4 is 0 Å². The summed E-state index contributed by atoms with van der Waals surface area (Å²) in [6, 6.07) is 1.33. The fourth-order valence-electron chi connectivity index (χ4n) is 3.72. The highest BCUT2D eigenvalue weighted by Gasteiger charge is 2.53. The molecule has 1 aromatic rings. The minimum atomic E-state index is -4.81. The second kappa shape index (κ2) is 5.95. The molecule has 0 bridgehead atoms. The number of hydrogen-bond acceptors (Lipinski definition) is 4. The van der Waals surface area contributed by atoms with Gasteiger partial charge in [0.25, 0.3) is 5.92 Å². The third kappa shape index (κ3) is 2.92. The summed E-state index contributed by atoms with van der Waals surface area (Å²) in [5.74, 6) is -4.17. The lowest BCUT2D eigenvalue weighted by molar-refractivity contribution is -0.0981. The van der Waals surface area contributed by atoms with Crippen molar-refractivity contribution in [2.45, 2.75) is 37.1 Å². The molecule has 1 aliphatic carbocycles. The third-order valence-corrected chi connectivity index (χ3v) is 4.94. The van der Waals surface area contributed by atoms with Crippen LogP contribution in [0.25, 0.3) is 0 Å². The Balaban J connectivity index is 1.82. The Morgan fingerprint density at radius 3 is 2.57 bits per heavy atom. The van der Waals surface area contributed by atoms with E-state index >= 15 is 0 Å². The predicted molar refractivity (Wildman–Crippen MR) is 82.5 cm³/mol. The largest absolute Gasteiger partial charge is 0.431 e. The van der Waals surface area contributed by atoms with Crippen molar-refractivity contribution in [3.05, 3.63) is 53.2 Å². The molecule has 3 aliphatic rings. The summed E-state index contributed by atoms with van der Waals surface area (Å²) in [7, 11) is 0. The van der Waals surface area contributed by atoms with Crippen LogP contribution in [0.1, 0.15) is 24.0 Å². The molecule has 0 aromatic carbocycles. The summed E-state index contributed by atoms with van der Waals surface area (Å²) in [5.41, 5.74) is -2.77. The number of aromatic nitrogens is 1. The Kier molecular flexibility index (Phi) is 3.99. The van der Waals surface area contributed by atoms with Gasteiger partial charge in [0.15, 0.2) is 11.6 Å². The van der Waals surface area contributed by atoms with E-state index in [4.69, 9.17) is 0 Å². The van der Waals surface area contributed by atoms with Crippen molar-refractivity contribution >= 4 is 5.84 Å². The quantitative estimate of drug-likeness (QED) is 0.680. The Hall–Kier alpha value is -2.59. The molecule has 3 heterocycles. The van der Waals surface area contributed by atoms with Gasteiger partial charge >= 0.3 is 12.8 Å². The van der Waals surface area contributed by atoms with Gasteiger partial charge in [0.05, 0.1) is 12.1 Å². The Morgan fingerprint density at radius 1 is 1.14 bits per heavy atom. The third-order valence-electron chi connectivity index (χ3n) is 4.94. The normalized spacial score (nSPS) is 25.9. The van der Waals surface area contributed by atoms with Gasteiger partial charge in [-0.25, -0.2) is 8.78 Å². The zero-order chi connectivity index (χ0) is 20.3. The first kappa shape index (κ1) is 18.8. The molecule has 0 radical (unpaired) electrons. The highest BCUT2D eigenvalue weighted by Crippen LogP contribution is 2.51. The maximum Gasteiger partial charge on any atom is 0.417 e. The van der Waals surface area contributed by atoms with E-state index in [-0.39, 0.29) is 29.9 Å². The summed E-state index contributed by atoms with van der Waals surface area (Å²) in [5, 5.41) is 0. The lowest BCUT2D eigenvalue weighted by atomic mass is 9.76. The van der Waals surface area contributed by atoms with E-state index < -0.39 is 42.0 Å². The van der Waals surface area contributed by atoms with Crippen LogP contribution in [0.15, 0.2) is 47.1 Å². The minimum absolute atomic E-state index is 0.110. The molecule has 2 aliphatic heterocycles. The molecule has 11 heteroatoms. The van der Waals surface area contributed by atoms with Crippen LogP contribution in [-0.4, -0.2) is 35.1 Å². The van der Waals surface area contributed by atoms with Gasteiger partial charge in [0, 0.05) is 30.6 Å². The van der Waals surface area contributed by atoms with Gasteiger partial charge in [-0.1, -0.05) is 0 Å². The first-order valence-electron chi connectivity index (χ1n) is 8.17. The number of allylic oxidation sites excluding steroid dienone is 2. The van der Waals surface area contributed by atoms with E-state index in [9.17, 15) is 30.7 Å². The lowest BCUT2D eigenvalue weighted by Crippen LogP contribution is -2.39. The second-order valence-electron chi connectivity index (χ2n) is 6.69. The van der Waals surface area contributed by atoms with E-state index in [2.05, 4.69) is 14.7 Å². The van der Waals surface area contributed by atoms with E-state index in [1.807, 2.05) is 0 Å². The molecule has 0 saturated carbocycles. The molecule has 28 heavy (non-hydrogen) atoms. The fraction of sp³-hybridized carbons (Fsp3) is 0.412. The molecular formula is C17H12F7N3O. The summed E-state index contributed by atoms with van der Waals surface area (Å²) >= 11 is 0. The molecule has 1 spiro atoms. The maximum absolute atomic E-state index is 14.3. The van der Waals surface area contributed by atoms with Gasteiger partial charge in [0.2, 0.25) is 0 Å². The zero-order valence-corrected chi connectivity index (χ0v) is 14.0. The first-order valence-corrected chi connectivity index (χ1v) is 8.17. The second-order valence-corrected chi connectivity index (χ2v) is 6.69. The van der Waals surface area contributed by atoms with E-state index in [0.717, 1.165) is 17.3 Å². The van der Waals surface area contributed by atoms with E-state index in [1.54, 1.807) is 0 Å². The van der Waals surface area contributed by atoms with Crippen LogP contribution in [0.4, 0.5) is 30.7 Å². The van der Waals surface area contributed by atoms with Gasteiger partial charge < -0.3 is 9.64 Å². The summed E-state index contributed by atoms with van der Waals surface area (Å²) in [6.07, 6.45) is -2.14. The molecule has 4 nitrogen and oxygen atoms in total. The van der Waals surface area contributed by atoms with Gasteiger partial charge in [-0.3, -0.25) is 9.98 Å². The zero-order valence-electron chi connectivity index (χ0n) is 14.0. The van der Waals surface area contributed by atoms with Gasteiger partial charge in [0.1, 0.15) is 5.54 Å². The smallest absolute Gasteiger partial charge is 0.417 e. The summed E-state index contributed by atoms with van der Waals surface area (Å²) < 4.78 is 97.7. The number of rotatable bonds is 2. The van der Waals surface area contributed by atoms with E-state index in [0.29, 0.717) is 6.08 Å². The number of amidine groups is 1. The Bertz CT molecular complexity index is 906. The molecule has 1 aromatic heterocycles. The molecular weight excluding hydrogens is 395 g/mol. The molecule has 0 saturated heterocycles. The highest BCUT2D eigenvalue weighted by molar-refractivity contribution is 6.00. The Labute approximate surface area is 154 Å². The molecule has 150 valence electrons. The van der Waals surface area contributed by atoms with E-state index in [1.165, 1.54) is 12.3 Å². The molecule has 0 amide bonds. The van der Waals surface area contributed by atoms with Crippen molar-refractivity contribution < 1.29 is 35.5 Å². The van der Waals surface area contributed by atoms with Crippen molar-refractivity contribution in [1.82, 2.24) is 9.88 Å². The molecule has 1 atom stereocenters. The number of nitrogens with zero attached hydrogens (tertiary/aromatic N) is 3. The monoisotopic (exact) mass is 407 g/mol. The standard InChI is InChI=1S/C17H12F7N3O/c18-14(19)28-12-5-9(17(22,23)24)7-27-8-15(26-13(12)27)2-3-16(20,21)11-6-25-4-1-10(11)15/h1,4-7,14H,2-3,8H2/t15-/m1/s1. The maximum atomic E-state index is 14.3. The van der Waals surface area contributed by atoms with Crippen molar-refractivity contribution in [1.29, 1.82) is 0 Å². The van der Waals surface area contributed by atoms with Crippen LogP contribution in [-0.2, 0) is 16.2 Å². The number of aliphatic imine (C=N–C) groups is 1. The lowest BCUT2D eigenvalue weighted by Gasteiger charge is -2.37. The summed E-state index contributed by atoms with van der Waals surface area (Å²) in [6.45, 7) is -3.58. The Morgan fingerprint density at radius 2 is 1.89 bits per heavy atom. The molecule has 0 unspecified atom stereocenters. The SMILES string of the molecule is FC(F)OC1=CC(C(F)(F)F)=CN2C[C@@]3(CCC(F)(F)c4cnccc43)N=C12. The predicted octanol–water partition coefficient (Wildman–Crippen LogP) is 4.46. The van der Waals surface area contributed by atoms with Gasteiger partial charge in [-0.05, 0) is 24.1 Å². The van der Waals surface area contributed by atoms with Crippen LogP contribution in [0.2, 0.25) is 0 Å². The van der Waals surface area contributed by atoms with Crippen LogP contribution in [0, 0.1) is 0 Å². The minimum Gasteiger partial charge on any atom is -0.431 e. The number of hydrogen-bond donors (Lipinski definition) is 0. The molecule has 4 rings (SSSR count). The number of ether oxygens (including phenoxy) is 1. The van der Waals surface area contributed by atoms with Crippen LogP contribution in [0.5, 0.6) is 0 Å². The number of alkyl halides is 7. The van der Waals surface area contributed by atoms with Crippen molar-refractivity contribution in [2.24, 2.45) is 4.99 Å². The van der Waals surface area contributed by atoms with Crippen molar-refractivity contribution in [3.63, 3.8) is 0 Å². The first-order chi connectivity index (χ1) is 13.0. The summed E-state index contributed by atoms with van der Waals surface area (Å²) in [4.78, 5) is 9.02. The van der Waals surface area contributed by atoms with Gasteiger partial charge in [-0.15, -0.1) is 0 Å². The fourth-order valence-corrected chi connectivity index (χ4v) is 3.72. The van der Waals surface area contributed by atoms with Crippen molar-refractivity contribution in [2.75, 3.05) is 6.54 Å². The average molecular weight is 407 g/mol. The number of pyridine rings is 1. The number of fused-ring (bicyclic) bond motifs is 3. The highest BCUT2D eigenvalue weighted by atomic mass is 19.4.